The Morgan fingerprint density at radius 1 is 1.58 bits per heavy atom. The van der Waals surface area contributed by atoms with Crippen LogP contribution in [0, 0.1) is 12.8 Å². The van der Waals surface area contributed by atoms with Gasteiger partial charge in [0.2, 0.25) is 0 Å². The molecule has 0 amide bonds. The van der Waals surface area contributed by atoms with Gasteiger partial charge in [-0.1, -0.05) is 0 Å². The van der Waals surface area contributed by atoms with Gasteiger partial charge in [-0.3, -0.25) is 11.3 Å². The van der Waals surface area contributed by atoms with Gasteiger partial charge < -0.3 is 9.15 Å². The highest BCUT2D eigenvalue weighted by Gasteiger charge is 2.43. The summed E-state index contributed by atoms with van der Waals surface area (Å²) in [6, 6.07) is 2.20. The van der Waals surface area contributed by atoms with E-state index in [1.54, 1.807) is 6.26 Å². The van der Waals surface area contributed by atoms with Crippen LogP contribution in [0.15, 0.2) is 16.7 Å². The molecule has 1 aromatic heterocycles. The summed E-state index contributed by atoms with van der Waals surface area (Å²) in [6.45, 7) is 2.85. The van der Waals surface area contributed by atoms with Crippen molar-refractivity contribution in [1.29, 1.82) is 0 Å². The molecule has 0 aromatic carbocycles. The number of hydrogen-bond acceptors (Lipinski definition) is 5. The first-order valence-electron chi connectivity index (χ1n) is 6.96. The van der Waals surface area contributed by atoms with Crippen LogP contribution >= 0.6 is 11.8 Å². The van der Waals surface area contributed by atoms with Crippen LogP contribution in [0.2, 0.25) is 0 Å². The third-order valence-corrected chi connectivity index (χ3v) is 5.71. The smallest absolute Gasteiger partial charge is 0.105 e. The number of aryl methyl sites for hydroxylation is 1. The average Bonchev–Trinajstić information content (AvgIpc) is 3.02. The van der Waals surface area contributed by atoms with Crippen molar-refractivity contribution < 1.29 is 9.15 Å². The van der Waals surface area contributed by atoms with Gasteiger partial charge in [-0.25, -0.2) is 0 Å². The largest absolute Gasteiger partial charge is 0.469 e. The Kier molecular flexibility index (Phi) is 3.89. The number of thioether (sulfide) groups is 1. The predicted molar refractivity (Wildman–Crippen MR) is 76.9 cm³/mol. The molecule has 0 saturated carbocycles. The summed E-state index contributed by atoms with van der Waals surface area (Å²) < 4.78 is 11.5. The monoisotopic (exact) mass is 282 g/mol. The van der Waals surface area contributed by atoms with E-state index in [4.69, 9.17) is 15.0 Å². The Bertz CT molecular complexity index is 429. The van der Waals surface area contributed by atoms with Gasteiger partial charge in [0, 0.05) is 17.9 Å². The topological polar surface area (TPSA) is 60.4 Å². The Hall–Kier alpha value is -0.490. The molecule has 3 rings (SSSR count). The van der Waals surface area contributed by atoms with Gasteiger partial charge >= 0.3 is 0 Å². The second-order valence-corrected chi connectivity index (χ2v) is 6.77. The third-order valence-electron chi connectivity index (χ3n) is 4.48. The molecule has 19 heavy (non-hydrogen) atoms. The van der Waals surface area contributed by atoms with Crippen molar-refractivity contribution >= 4 is 11.8 Å². The summed E-state index contributed by atoms with van der Waals surface area (Å²) in [6.07, 6.45) is 5.08. The zero-order valence-corrected chi connectivity index (χ0v) is 12.2. The van der Waals surface area contributed by atoms with E-state index in [1.807, 2.05) is 24.8 Å². The molecule has 3 atom stereocenters. The molecule has 2 fully saturated rings. The standard InChI is InChI=1S/C14H22N2O2S/c1-10-12(3-5-17-10)13(16-15)11-2-6-18-14(8-11)4-7-19-9-14/h3,5,11,13,16H,2,4,6-9,15H2,1H3. The summed E-state index contributed by atoms with van der Waals surface area (Å²) in [5.74, 6) is 9.65. The first-order chi connectivity index (χ1) is 9.24. The van der Waals surface area contributed by atoms with Crippen molar-refractivity contribution in [3.8, 4) is 0 Å². The van der Waals surface area contributed by atoms with Crippen molar-refractivity contribution in [2.45, 2.75) is 37.8 Å². The van der Waals surface area contributed by atoms with Crippen LogP contribution in [0.3, 0.4) is 0 Å². The maximum atomic E-state index is 6.09. The van der Waals surface area contributed by atoms with Gasteiger partial charge in [-0.15, -0.1) is 0 Å². The number of furan rings is 1. The van der Waals surface area contributed by atoms with Crippen LogP contribution in [0.25, 0.3) is 0 Å². The second kappa shape index (κ2) is 5.48. The molecule has 2 aliphatic heterocycles. The van der Waals surface area contributed by atoms with Gasteiger partial charge in [0.05, 0.1) is 17.9 Å². The lowest BCUT2D eigenvalue weighted by atomic mass is 9.79. The first-order valence-corrected chi connectivity index (χ1v) is 8.11. The van der Waals surface area contributed by atoms with E-state index in [9.17, 15) is 0 Å². The quantitative estimate of drug-likeness (QED) is 0.658. The molecule has 2 saturated heterocycles. The molecular formula is C14H22N2O2S. The highest BCUT2D eigenvalue weighted by Crippen LogP contribution is 2.44. The van der Waals surface area contributed by atoms with E-state index in [0.717, 1.165) is 31.0 Å². The average molecular weight is 282 g/mol. The molecule has 5 heteroatoms. The van der Waals surface area contributed by atoms with Gasteiger partial charge in [0.1, 0.15) is 5.76 Å². The van der Waals surface area contributed by atoms with Gasteiger partial charge in [-0.2, -0.15) is 11.8 Å². The van der Waals surface area contributed by atoms with E-state index < -0.39 is 0 Å². The summed E-state index contributed by atoms with van der Waals surface area (Å²) in [4.78, 5) is 0. The molecule has 2 aliphatic rings. The first kappa shape index (κ1) is 13.5. The summed E-state index contributed by atoms with van der Waals surface area (Å²) >= 11 is 2.01. The van der Waals surface area contributed by atoms with E-state index in [0.29, 0.717) is 5.92 Å². The van der Waals surface area contributed by atoms with E-state index in [2.05, 4.69) is 5.43 Å². The number of rotatable bonds is 3. The third kappa shape index (κ3) is 2.57. The number of hydrazine groups is 1. The summed E-state index contributed by atoms with van der Waals surface area (Å²) in [5.41, 5.74) is 4.29. The van der Waals surface area contributed by atoms with Crippen molar-refractivity contribution in [2.75, 3.05) is 18.1 Å². The fraction of sp³-hybridized carbons (Fsp3) is 0.714. The summed E-state index contributed by atoms with van der Waals surface area (Å²) in [5, 5.41) is 0. The van der Waals surface area contributed by atoms with Crippen LogP contribution in [0.5, 0.6) is 0 Å². The fourth-order valence-corrected chi connectivity index (χ4v) is 4.79. The zero-order chi connectivity index (χ0) is 13.3. The zero-order valence-electron chi connectivity index (χ0n) is 11.4. The summed E-state index contributed by atoms with van der Waals surface area (Å²) in [7, 11) is 0. The molecule has 3 heterocycles. The van der Waals surface area contributed by atoms with Crippen molar-refractivity contribution in [1.82, 2.24) is 5.43 Å². The van der Waals surface area contributed by atoms with Crippen LogP contribution in [-0.2, 0) is 4.74 Å². The Labute approximate surface area is 118 Å². The molecule has 0 bridgehead atoms. The lowest BCUT2D eigenvalue weighted by molar-refractivity contribution is -0.0855. The lowest BCUT2D eigenvalue weighted by Gasteiger charge is -2.40. The second-order valence-electron chi connectivity index (χ2n) is 5.66. The molecule has 0 radical (unpaired) electrons. The van der Waals surface area contributed by atoms with Crippen molar-refractivity contribution in [3.63, 3.8) is 0 Å². The van der Waals surface area contributed by atoms with Crippen LogP contribution in [0.1, 0.15) is 36.6 Å². The highest BCUT2D eigenvalue weighted by atomic mass is 32.2. The minimum atomic E-state index is 0.0975. The number of nitrogens with two attached hydrogens (primary N) is 1. The Morgan fingerprint density at radius 2 is 2.47 bits per heavy atom. The molecule has 3 N–H and O–H groups in total. The lowest BCUT2D eigenvalue weighted by Crippen LogP contribution is -2.45. The number of ether oxygens (including phenoxy) is 1. The van der Waals surface area contributed by atoms with E-state index in [1.165, 1.54) is 17.7 Å². The van der Waals surface area contributed by atoms with Gasteiger partial charge in [0.25, 0.3) is 0 Å². The van der Waals surface area contributed by atoms with E-state index in [-0.39, 0.29) is 11.6 Å². The molecule has 0 aliphatic carbocycles. The minimum Gasteiger partial charge on any atom is -0.469 e. The SMILES string of the molecule is Cc1occc1C(NN)C1CCOC2(CCSC2)C1. The maximum Gasteiger partial charge on any atom is 0.105 e. The Balaban J connectivity index is 1.78. The normalized spacial score (nSPS) is 32.8. The van der Waals surface area contributed by atoms with Crippen LogP contribution in [-0.4, -0.2) is 23.7 Å². The minimum absolute atomic E-state index is 0.0975. The predicted octanol–water partition coefficient (Wildman–Crippen LogP) is 2.39. The molecule has 3 unspecified atom stereocenters. The van der Waals surface area contributed by atoms with Gasteiger partial charge in [-0.05, 0) is 43.9 Å². The fourth-order valence-electron chi connectivity index (χ4n) is 3.41. The molecule has 1 aromatic rings. The van der Waals surface area contributed by atoms with Crippen LogP contribution in [0.4, 0.5) is 0 Å². The van der Waals surface area contributed by atoms with Gasteiger partial charge in [0.15, 0.2) is 0 Å². The molecule has 106 valence electrons. The van der Waals surface area contributed by atoms with Crippen molar-refractivity contribution in [2.24, 2.45) is 11.8 Å². The molecule has 4 nitrogen and oxygen atoms in total. The number of nitrogens with one attached hydrogen (secondary N) is 1. The van der Waals surface area contributed by atoms with Crippen LogP contribution < -0.4 is 11.3 Å². The maximum absolute atomic E-state index is 6.09. The highest BCUT2D eigenvalue weighted by molar-refractivity contribution is 7.99. The van der Waals surface area contributed by atoms with E-state index >= 15 is 0 Å². The molecular weight excluding hydrogens is 260 g/mol. The molecule has 1 spiro atoms. The van der Waals surface area contributed by atoms with Crippen molar-refractivity contribution in [3.05, 3.63) is 23.7 Å². The number of hydrogen-bond donors (Lipinski definition) is 2. The Morgan fingerprint density at radius 3 is 3.11 bits per heavy atom.